The molecule has 1 unspecified atom stereocenters. The standard InChI is InChI=1S/C22H26Cl2N2O3/c1-14(2)16-6-9-19(10-7-16)29-13-21(27)26(15(3)22(28)25-4)12-17-5-8-18(23)11-20(17)24/h5-11,14-15H,12-13H2,1-4H3,(H,25,28). The number of benzene rings is 2. The lowest BCUT2D eigenvalue weighted by molar-refractivity contribution is -0.142. The van der Waals surface area contributed by atoms with Crippen molar-refractivity contribution in [3.05, 3.63) is 63.6 Å². The summed E-state index contributed by atoms with van der Waals surface area (Å²) in [6.45, 7) is 5.86. The van der Waals surface area contributed by atoms with Crippen molar-refractivity contribution in [3.8, 4) is 5.75 Å². The summed E-state index contributed by atoms with van der Waals surface area (Å²) in [6.07, 6.45) is 0. The number of amides is 2. The van der Waals surface area contributed by atoms with Gasteiger partial charge in [-0.15, -0.1) is 0 Å². The van der Waals surface area contributed by atoms with Gasteiger partial charge in [0.15, 0.2) is 6.61 Å². The van der Waals surface area contributed by atoms with E-state index in [4.69, 9.17) is 27.9 Å². The maximum Gasteiger partial charge on any atom is 0.261 e. The average Bonchev–Trinajstić information content (AvgIpc) is 2.70. The molecule has 0 radical (unpaired) electrons. The third-order valence-electron chi connectivity index (χ3n) is 4.68. The van der Waals surface area contributed by atoms with E-state index in [-0.39, 0.29) is 25.0 Å². The highest BCUT2D eigenvalue weighted by atomic mass is 35.5. The molecule has 0 aliphatic carbocycles. The van der Waals surface area contributed by atoms with E-state index in [0.717, 1.165) is 0 Å². The van der Waals surface area contributed by atoms with Crippen LogP contribution in [0.3, 0.4) is 0 Å². The van der Waals surface area contributed by atoms with Gasteiger partial charge >= 0.3 is 0 Å². The number of likely N-dealkylation sites (N-methyl/N-ethyl adjacent to an activating group) is 1. The topological polar surface area (TPSA) is 58.6 Å². The van der Waals surface area contributed by atoms with Gasteiger partial charge in [-0.05, 0) is 48.2 Å². The monoisotopic (exact) mass is 436 g/mol. The molecular weight excluding hydrogens is 411 g/mol. The minimum Gasteiger partial charge on any atom is -0.484 e. The molecule has 0 aromatic heterocycles. The number of nitrogens with one attached hydrogen (secondary N) is 1. The Morgan fingerprint density at radius 1 is 1.07 bits per heavy atom. The van der Waals surface area contributed by atoms with Crippen LogP contribution in [-0.2, 0) is 16.1 Å². The highest BCUT2D eigenvalue weighted by molar-refractivity contribution is 6.35. The van der Waals surface area contributed by atoms with E-state index in [9.17, 15) is 9.59 Å². The van der Waals surface area contributed by atoms with Gasteiger partial charge in [-0.2, -0.15) is 0 Å². The van der Waals surface area contributed by atoms with Crippen LogP contribution in [0.4, 0.5) is 0 Å². The summed E-state index contributed by atoms with van der Waals surface area (Å²) < 4.78 is 5.66. The van der Waals surface area contributed by atoms with Crippen LogP contribution in [0.2, 0.25) is 10.0 Å². The Balaban J connectivity index is 2.14. The Morgan fingerprint density at radius 2 is 1.72 bits per heavy atom. The van der Waals surface area contributed by atoms with Crippen LogP contribution in [0.15, 0.2) is 42.5 Å². The molecule has 7 heteroatoms. The predicted molar refractivity (Wildman–Crippen MR) is 117 cm³/mol. The summed E-state index contributed by atoms with van der Waals surface area (Å²) in [4.78, 5) is 26.5. The molecule has 5 nitrogen and oxygen atoms in total. The van der Waals surface area contributed by atoms with Crippen LogP contribution in [-0.4, -0.2) is 36.4 Å². The van der Waals surface area contributed by atoms with Gasteiger partial charge in [0.2, 0.25) is 5.91 Å². The van der Waals surface area contributed by atoms with Gasteiger partial charge in [-0.25, -0.2) is 0 Å². The number of nitrogens with zero attached hydrogens (tertiary/aromatic N) is 1. The highest BCUT2D eigenvalue weighted by Gasteiger charge is 2.26. The van der Waals surface area contributed by atoms with Gasteiger partial charge in [0, 0.05) is 23.6 Å². The molecule has 1 N–H and O–H groups in total. The molecule has 0 saturated heterocycles. The Labute approximate surface area is 181 Å². The second kappa shape index (κ2) is 10.5. The van der Waals surface area contributed by atoms with Gasteiger partial charge in [-0.3, -0.25) is 9.59 Å². The smallest absolute Gasteiger partial charge is 0.261 e. The van der Waals surface area contributed by atoms with E-state index < -0.39 is 6.04 Å². The molecule has 0 heterocycles. The zero-order chi connectivity index (χ0) is 21.6. The summed E-state index contributed by atoms with van der Waals surface area (Å²) in [5, 5.41) is 3.51. The Morgan fingerprint density at radius 3 is 2.28 bits per heavy atom. The molecule has 0 aliphatic heterocycles. The normalized spacial score (nSPS) is 11.8. The van der Waals surface area contributed by atoms with E-state index in [1.54, 1.807) is 25.1 Å². The van der Waals surface area contributed by atoms with Crippen molar-refractivity contribution in [2.75, 3.05) is 13.7 Å². The first kappa shape index (κ1) is 23.0. The van der Waals surface area contributed by atoms with Crippen molar-refractivity contribution < 1.29 is 14.3 Å². The molecule has 0 aliphatic rings. The van der Waals surface area contributed by atoms with Crippen molar-refractivity contribution in [2.45, 2.75) is 39.3 Å². The van der Waals surface area contributed by atoms with Crippen molar-refractivity contribution >= 4 is 35.0 Å². The molecule has 0 spiro atoms. The molecule has 156 valence electrons. The third-order valence-corrected chi connectivity index (χ3v) is 5.27. The van der Waals surface area contributed by atoms with Crippen LogP contribution in [0.1, 0.15) is 37.8 Å². The molecule has 0 bridgehead atoms. The van der Waals surface area contributed by atoms with Crippen molar-refractivity contribution in [1.29, 1.82) is 0 Å². The summed E-state index contributed by atoms with van der Waals surface area (Å²) in [5.74, 6) is 0.420. The van der Waals surface area contributed by atoms with E-state index >= 15 is 0 Å². The molecule has 0 saturated carbocycles. The van der Waals surface area contributed by atoms with Crippen molar-refractivity contribution in [3.63, 3.8) is 0 Å². The molecular formula is C22H26Cl2N2O3. The lowest BCUT2D eigenvalue weighted by atomic mass is 10.0. The van der Waals surface area contributed by atoms with Crippen LogP contribution in [0.5, 0.6) is 5.75 Å². The zero-order valence-electron chi connectivity index (χ0n) is 17.0. The van der Waals surface area contributed by atoms with Gasteiger partial charge < -0.3 is 15.0 Å². The van der Waals surface area contributed by atoms with Crippen LogP contribution >= 0.6 is 23.2 Å². The van der Waals surface area contributed by atoms with E-state index in [1.165, 1.54) is 17.5 Å². The Kier molecular flexibility index (Phi) is 8.35. The molecule has 29 heavy (non-hydrogen) atoms. The Bertz CT molecular complexity index is 854. The maximum atomic E-state index is 12.9. The first-order chi connectivity index (χ1) is 13.7. The quantitative estimate of drug-likeness (QED) is 0.654. The number of carbonyl (C=O) groups is 2. The summed E-state index contributed by atoms with van der Waals surface area (Å²) >= 11 is 12.2. The predicted octanol–water partition coefficient (Wildman–Crippen LogP) is 4.66. The summed E-state index contributed by atoms with van der Waals surface area (Å²) in [7, 11) is 1.53. The summed E-state index contributed by atoms with van der Waals surface area (Å²) in [6, 6.07) is 12.0. The first-order valence-corrected chi connectivity index (χ1v) is 10.2. The first-order valence-electron chi connectivity index (χ1n) is 9.40. The van der Waals surface area contributed by atoms with E-state index in [1.807, 2.05) is 24.3 Å². The third kappa shape index (κ3) is 6.38. The molecule has 1 atom stereocenters. The average molecular weight is 437 g/mol. The zero-order valence-corrected chi connectivity index (χ0v) is 18.6. The van der Waals surface area contributed by atoms with E-state index in [2.05, 4.69) is 19.2 Å². The number of halogens is 2. The Hall–Kier alpha value is -2.24. The fourth-order valence-electron chi connectivity index (χ4n) is 2.80. The fraction of sp³-hybridized carbons (Fsp3) is 0.364. The van der Waals surface area contributed by atoms with Gasteiger partial charge in [0.25, 0.3) is 5.91 Å². The fourth-order valence-corrected chi connectivity index (χ4v) is 3.27. The number of hydrogen-bond donors (Lipinski definition) is 1. The van der Waals surface area contributed by atoms with Gasteiger partial charge in [0.1, 0.15) is 11.8 Å². The molecule has 0 fully saturated rings. The lowest BCUT2D eigenvalue weighted by Gasteiger charge is -2.28. The van der Waals surface area contributed by atoms with Gasteiger partial charge in [-0.1, -0.05) is 55.2 Å². The molecule has 2 aromatic rings. The lowest BCUT2D eigenvalue weighted by Crippen LogP contribution is -2.48. The SMILES string of the molecule is CNC(=O)C(C)N(Cc1ccc(Cl)cc1Cl)C(=O)COc1ccc(C(C)C)cc1. The maximum absolute atomic E-state index is 12.9. The van der Waals surface area contributed by atoms with Crippen LogP contribution < -0.4 is 10.1 Å². The van der Waals surface area contributed by atoms with Crippen molar-refractivity contribution in [2.24, 2.45) is 0 Å². The number of carbonyl (C=O) groups excluding carboxylic acids is 2. The van der Waals surface area contributed by atoms with Crippen LogP contribution in [0, 0.1) is 0 Å². The number of hydrogen-bond acceptors (Lipinski definition) is 3. The van der Waals surface area contributed by atoms with Crippen molar-refractivity contribution in [1.82, 2.24) is 10.2 Å². The number of ether oxygens (including phenoxy) is 1. The van der Waals surface area contributed by atoms with Gasteiger partial charge in [0.05, 0.1) is 0 Å². The largest absolute Gasteiger partial charge is 0.484 e. The molecule has 2 amide bonds. The highest BCUT2D eigenvalue weighted by Crippen LogP contribution is 2.23. The second-order valence-corrected chi connectivity index (χ2v) is 7.90. The second-order valence-electron chi connectivity index (χ2n) is 7.06. The van der Waals surface area contributed by atoms with Crippen LogP contribution in [0.25, 0.3) is 0 Å². The minimum absolute atomic E-state index is 0.166. The molecule has 2 rings (SSSR count). The minimum atomic E-state index is -0.689. The number of rotatable bonds is 8. The summed E-state index contributed by atoms with van der Waals surface area (Å²) in [5.41, 5.74) is 1.89. The molecule has 2 aromatic carbocycles. The van der Waals surface area contributed by atoms with E-state index in [0.29, 0.717) is 27.3 Å².